The maximum atomic E-state index is 12.8. The quantitative estimate of drug-likeness (QED) is 0.401. The van der Waals surface area contributed by atoms with Gasteiger partial charge in [-0.15, -0.1) is 0 Å². The van der Waals surface area contributed by atoms with Crippen LogP contribution >= 0.6 is 0 Å². The number of halogens is 2. The van der Waals surface area contributed by atoms with Crippen molar-refractivity contribution in [2.75, 3.05) is 6.54 Å². The lowest BCUT2D eigenvalue weighted by Crippen LogP contribution is -2.53. The van der Waals surface area contributed by atoms with Crippen LogP contribution in [0.4, 0.5) is 8.78 Å². The highest BCUT2D eigenvalue weighted by Crippen LogP contribution is 2.20. The minimum atomic E-state index is -2.89. The Kier molecular flexibility index (Phi) is 13.6. The summed E-state index contributed by atoms with van der Waals surface area (Å²) in [6, 6.07) is 0. The zero-order valence-electron chi connectivity index (χ0n) is 15.9. The van der Waals surface area contributed by atoms with Gasteiger partial charge in [-0.3, -0.25) is 9.59 Å². The van der Waals surface area contributed by atoms with Gasteiger partial charge >= 0.3 is 0 Å². The van der Waals surface area contributed by atoms with E-state index in [4.69, 9.17) is 5.73 Å². The molecule has 0 aliphatic heterocycles. The zero-order valence-corrected chi connectivity index (χ0v) is 15.9. The number of nitrogens with one attached hydrogen (secondary N) is 1. The van der Waals surface area contributed by atoms with Gasteiger partial charge in [0, 0.05) is 13.0 Å². The van der Waals surface area contributed by atoms with E-state index in [1.807, 2.05) is 0 Å². The van der Waals surface area contributed by atoms with E-state index in [0.29, 0.717) is 6.42 Å². The van der Waals surface area contributed by atoms with Crippen molar-refractivity contribution in [2.24, 2.45) is 5.73 Å². The fraction of sp³-hybridized carbons (Fsp3) is 0.895. The molecule has 3 N–H and O–H groups in total. The first-order valence-electron chi connectivity index (χ1n) is 9.69. The average Bonchev–Trinajstić information content (AvgIpc) is 2.56. The number of nitrogens with two attached hydrogens (primary N) is 1. The summed E-state index contributed by atoms with van der Waals surface area (Å²) in [6.45, 7) is 3.56. The minimum Gasteiger partial charge on any atom is -0.356 e. The van der Waals surface area contributed by atoms with Gasteiger partial charge < -0.3 is 11.1 Å². The lowest BCUT2D eigenvalue weighted by Gasteiger charge is -2.25. The number of rotatable bonds is 16. The summed E-state index contributed by atoms with van der Waals surface area (Å²) in [5, 5.41) is 2.71. The molecule has 0 heterocycles. The molecule has 0 saturated carbocycles. The molecule has 0 fully saturated rings. The number of ketones is 1. The summed E-state index contributed by atoms with van der Waals surface area (Å²) >= 11 is 0. The van der Waals surface area contributed by atoms with Crippen molar-refractivity contribution >= 4 is 11.7 Å². The van der Waals surface area contributed by atoms with Crippen LogP contribution in [0.2, 0.25) is 0 Å². The van der Waals surface area contributed by atoms with E-state index in [9.17, 15) is 18.4 Å². The lowest BCUT2D eigenvalue weighted by molar-refractivity contribution is -0.128. The van der Waals surface area contributed by atoms with Crippen molar-refractivity contribution in [3.8, 4) is 0 Å². The van der Waals surface area contributed by atoms with E-state index in [1.54, 1.807) is 0 Å². The van der Waals surface area contributed by atoms with E-state index in [0.717, 1.165) is 26.2 Å². The number of alkyl halides is 2. The summed E-state index contributed by atoms with van der Waals surface area (Å²) in [7, 11) is 0. The van der Waals surface area contributed by atoms with E-state index >= 15 is 0 Å². The SMILES string of the molecule is CCCCCCCCCCCC(=O)NCCCC(N)(C(C)=O)C(F)F. The molecule has 148 valence electrons. The van der Waals surface area contributed by atoms with Gasteiger partial charge in [0.05, 0.1) is 0 Å². The highest BCUT2D eigenvalue weighted by Gasteiger charge is 2.39. The van der Waals surface area contributed by atoms with Crippen LogP contribution in [0.5, 0.6) is 0 Å². The number of carbonyl (C=O) groups excluding carboxylic acids is 2. The second-order valence-corrected chi connectivity index (χ2v) is 6.93. The summed E-state index contributed by atoms with van der Waals surface area (Å²) < 4.78 is 25.7. The highest BCUT2D eigenvalue weighted by atomic mass is 19.3. The Morgan fingerprint density at radius 2 is 1.48 bits per heavy atom. The van der Waals surface area contributed by atoms with Gasteiger partial charge in [0.25, 0.3) is 6.43 Å². The minimum absolute atomic E-state index is 0.0644. The molecule has 4 nitrogen and oxygen atoms in total. The van der Waals surface area contributed by atoms with Crippen molar-refractivity contribution in [2.45, 2.75) is 103 Å². The van der Waals surface area contributed by atoms with Gasteiger partial charge in [-0.1, -0.05) is 58.3 Å². The van der Waals surface area contributed by atoms with Crippen LogP contribution in [-0.4, -0.2) is 30.2 Å². The molecule has 0 aromatic heterocycles. The molecule has 0 spiro atoms. The first kappa shape index (κ1) is 24.0. The molecule has 0 aromatic rings. The smallest absolute Gasteiger partial charge is 0.263 e. The fourth-order valence-electron chi connectivity index (χ4n) is 2.73. The maximum Gasteiger partial charge on any atom is 0.263 e. The summed E-state index contributed by atoms with van der Waals surface area (Å²) in [6.07, 6.45) is 8.46. The van der Waals surface area contributed by atoms with E-state index in [-0.39, 0.29) is 25.3 Å². The molecule has 1 amide bonds. The fourth-order valence-corrected chi connectivity index (χ4v) is 2.73. The van der Waals surface area contributed by atoms with Crippen LogP contribution in [0, 0.1) is 0 Å². The van der Waals surface area contributed by atoms with Crippen molar-refractivity contribution in [3.05, 3.63) is 0 Å². The molecule has 6 heteroatoms. The molecular formula is C19H36F2N2O2. The number of amides is 1. The highest BCUT2D eigenvalue weighted by molar-refractivity contribution is 5.86. The molecule has 0 bridgehead atoms. The predicted octanol–water partition coefficient (Wildman–Crippen LogP) is 4.36. The van der Waals surface area contributed by atoms with Gasteiger partial charge in [0.1, 0.15) is 5.54 Å². The van der Waals surface area contributed by atoms with Crippen molar-refractivity contribution < 1.29 is 18.4 Å². The Bertz CT molecular complexity index is 378. The third-order valence-corrected chi connectivity index (χ3v) is 4.64. The van der Waals surface area contributed by atoms with Crippen LogP contribution in [-0.2, 0) is 9.59 Å². The standard InChI is InChI=1S/C19H36F2N2O2/c1-3-4-5-6-7-8-9-10-11-13-17(25)23-15-12-14-19(22,16(2)24)18(20)21/h18H,3-15,22H2,1-2H3,(H,23,25). The molecule has 0 aliphatic rings. The molecule has 1 unspecified atom stereocenters. The molecule has 0 rings (SSSR count). The summed E-state index contributed by atoms with van der Waals surface area (Å²) in [4.78, 5) is 22.9. The van der Waals surface area contributed by atoms with Crippen molar-refractivity contribution in [1.29, 1.82) is 0 Å². The average molecular weight is 363 g/mol. The van der Waals surface area contributed by atoms with Gasteiger partial charge in [-0.05, 0) is 26.2 Å². The second kappa shape index (κ2) is 14.2. The van der Waals surface area contributed by atoms with Gasteiger partial charge in [0.2, 0.25) is 5.91 Å². The van der Waals surface area contributed by atoms with E-state index < -0.39 is 17.7 Å². The van der Waals surface area contributed by atoms with Crippen LogP contribution in [0.15, 0.2) is 0 Å². The maximum absolute atomic E-state index is 12.8. The van der Waals surface area contributed by atoms with Gasteiger partial charge in [-0.25, -0.2) is 8.78 Å². The van der Waals surface area contributed by atoms with Crippen LogP contribution < -0.4 is 11.1 Å². The molecule has 0 aromatic carbocycles. The first-order valence-corrected chi connectivity index (χ1v) is 9.69. The van der Waals surface area contributed by atoms with Gasteiger partial charge in [0.15, 0.2) is 5.78 Å². The van der Waals surface area contributed by atoms with Crippen LogP contribution in [0.3, 0.4) is 0 Å². The molecule has 0 aliphatic carbocycles. The third kappa shape index (κ3) is 11.2. The lowest BCUT2D eigenvalue weighted by atomic mass is 9.91. The number of hydrogen-bond donors (Lipinski definition) is 2. The first-order chi connectivity index (χ1) is 11.8. The summed E-state index contributed by atoms with van der Waals surface area (Å²) in [5.41, 5.74) is 3.36. The normalized spacial score (nSPS) is 13.7. The van der Waals surface area contributed by atoms with E-state index in [1.165, 1.54) is 38.5 Å². The largest absolute Gasteiger partial charge is 0.356 e. The van der Waals surface area contributed by atoms with Crippen molar-refractivity contribution in [1.82, 2.24) is 5.32 Å². The summed E-state index contributed by atoms with van der Waals surface area (Å²) in [5.74, 6) is -0.783. The number of unbranched alkanes of at least 4 members (excludes halogenated alkanes) is 8. The number of Topliss-reactive ketones (excluding diaryl/α,β-unsaturated/α-hetero) is 1. The van der Waals surface area contributed by atoms with Crippen molar-refractivity contribution in [3.63, 3.8) is 0 Å². The van der Waals surface area contributed by atoms with Crippen LogP contribution in [0.1, 0.15) is 90.9 Å². The molecule has 1 atom stereocenters. The Morgan fingerprint density at radius 1 is 0.960 bits per heavy atom. The number of carbonyl (C=O) groups is 2. The molecule has 0 radical (unpaired) electrons. The Labute approximate surface area is 151 Å². The molecule has 25 heavy (non-hydrogen) atoms. The zero-order chi connectivity index (χ0) is 19.1. The monoisotopic (exact) mass is 362 g/mol. The molecule has 0 saturated heterocycles. The Hall–Kier alpha value is -1.04. The Morgan fingerprint density at radius 3 is 1.96 bits per heavy atom. The molecular weight excluding hydrogens is 326 g/mol. The predicted molar refractivity (Wildman–Crippen MR) is 97.7 cm³/mol. The Balaban J connectivity index is 3.60. The van der Waals surface area contributed by atoms with E-state index in [2.05, 4.69) is 12.2 Å². The van der Waals surface area contributed by atoms with Crippen LogP contribution in [0.25, 0.3) is 0 Å². The third-order valence-electron chi connectivity index (χ3n) is 4.64. The van der Waals surface area contributed by atoms with Gasteiger partial charge in [-0.2, -0.15) is 0 Å². The topological polar surface area (TPSA) is 72.2 Å². The number of hydrogen-bond acceptors (Lipinski definition) is 3. The second-order valence-electron chi connectivity index (χ2n) is 6.93.